The van der Waals surface area contributed by atoms with Crippen LogP contribution >= 0.6 is 15.9 Å². The molecule has 2 aromatic rings. The van der Waals surface area contributed by atoms with Gasteiger partial charge in [0, 0.05) is 35.9 Å². The summed E-state index contributed by atoms with van der Waals surface area (Å²) in [6.07, 6.45) is 4.01. The molecule has 5 nitrogen and oxygen atoms in total. The maximum atomic E-state index is 11.9. The van der Waals surface area contributed by atoms with Gasteiger partial charge in [0.1, 0.15) is 0 Å². The molecular formula is C14H17BrN4O. The Morgan fingerprint density at radius 1 is 1.35 bits per heavy atom. The van der Waals surface area contributed by atoms with E-state index in [4.69, 9.17) is 0 Å². The van der Waals surface area contributed by atoms with Gasteiger partial charge in [0.05, 0.1) is 11.9 Å². The normalized spacial score (nSPS) is 11.9. The van der Waals surface area contributed by atoms with E-state index >= 15 is 0 Å². The number of anilines is 2. The number of amides is 1. The lowest BCUT2D eigenvalue weighted by molar-refractivity contribution is -0.116. The van der Waals surface area contributed by atoms with Crippen LogP contribution in [-0.4, -0.2) is 21.7 Å². The lowest BCUT2D eigenvalue weighted by Crippen LogP contribution is -2.23. The van der Waals surface area contributed by atoms with Gasteiger partial charge in [-0.3, -0.25) is 9.48 Å². The van der Waals surface area contributed by atoms with Crippen molar-refractivity contribution in [3.63, 3.8) is 0 Å². The summed E-state index contributed by atoms with van der Waals surface area (Å²) in [4.78, 5) is 11.9. The Morgan fingerprint density at radius 2 is 2.05 bits per heavy atom. The van der Waals surface area contributed by atoms with E-state index in [1.165, 1.54) is 0 Å². The van der Waals surface area contributed by atoms with E-state index in [-0.39, 0.29) is 11.9 Å². The number of nitrogens with one attached hydrogen (secondary N) is 2. The number of rotatable bonds is 5. The molecule has 6 heteroatoms. The van der Waals surface area contributed by atoms with Gasteiger partial charge in [-0.1, -0.05) is 15.9 Å². The third-order valence-corrected chi connectivity index (χ3v) is 3.27. The highest BCUT2D eigenvalue weighted by atomic mass is 79.9. The first kappa shape index (κ1) is 14.6. The van der Waals surface area contributed by atoms with Crippen molar-refractivity contribution in [2.45, 2.75) is 19.4 Å². The van der Waals surface area contributed by atoms with Gasteiger partial charge in [-0.2, -0.15) is 5.10 Å². The molecule has 0 spiro atoms. The molecule has 2 rings (SSSR count). The lowest BCUT2D eigenvalue weighted by Gasteiger charge is -2.13. The van der Waals surface area contributed by atoms with Crippen LogP contribution < -0.4 is 10.6 Å². The maximum absolute atomic E-state index is 11.9. The molecular weight excluding hydrogens is 320 g/mol. The molecule has 0 aliphatic heterocycles. The first-order valence-electron chi connectivity index (χ1n) is 6.33. The predicted molar refractivity (Wildman–Crippen MR) is 83.7 cm³/mol. The van der Waals surface area contributed by atoms with Crippen LogP contribution in [0.3, 0.4) is 0 Å². The van der Waals surface area contributed by atoms with Gasteiger partial charge in [-0.15, -0.1) is 0 Å². The first-order valence-corrected chi connectivity index (χ1v) is 7.13. The lowest BCUT2D eigenvalue weighted by atomic mass is 10.2. The zero-order valence-corrected chi connectivity index (χ0v) is 13.0. The Hall–Kier alpha value is -1.82. The molecule has 1 aromatic heterocycles. The fourth-order valence-corrected chi connectivity index (χ4v) is 2.12. The number of hydrogen-bond acceptors (Lipinski definition) is 3. The van der Waals surface area contributed by atoms with Crippen LogP contribution in [0.15, 0.2) is 41.1 Å². The second-order valence-corrected chi connectivity index (χ2v) is 5.62. The van der Waals surface area contributed by atoms with Crippen molar-refractivity contribution in [3.05, 3.63) is 41.1 Å². The molecule has 0 fully saturated rings. The fourth-order valence-electron chi connectivity index (χ4n) is 1.85. The summed E-state index contributed by atoms with van der Waals surface area (Å²) in [5, 5.41) is 10.2. The van der Waals surface area contributed by atoms with E-state index in [1.807, 2.05) is 44.4 Å². The quantitative estimate of drug-likeness (QED) is 0.882. The summed E-state index contributed by atoms with van der Waals surface area (Å²) in [5.41, 5.74) is 1.71. The number of hydrogen-bond donors (Lipinski definition) is 2. The first-order chi connectivity index (χ1) is 9.52. The molecule has 0 radical (unpaired) electrons. The van der Waals surface area contributed by atoms with Crippen LogP contribution in [0.25, 0.3) is 0 Å². The summed E-state index contributed by atoms with van der Waals surface area (Å²) in [7, 11) is 1.86. The number of carbonyl (C=O) groups excluding carboxylic acids is 1. The minimum absolute atomic E-state index is 0.0174. The predicted octanol–water partition coefficient (Wildman–Crippen LogP) is 3.01. The highest BCUT2D eigenvalue weighted by Crippen LogP contribution is 2.15. The monoisotopic (exact) mass is 336 g/mol. The number of benzene rings is 1. The smallest absolute Gasteiger partial charge is 0.226 e. The van der Waals surface area contributed by atoms with E-state index in [0.717, 1.165) is 15.8 Å². The molecule has 1 unspecified atom stereocenters. The highest BCUT2D eigenvalue weighted by Gasteiger charge is 2.10. The van der Waals surface area contributed by atoms with Gasteiger partial charge in [0.2, 0.25) is 5.91 Å². The third-order valence-electron chi connectivity index (χ3n) is 2.74. The molecule has 0 saturated carbocycles. The van der Waals surface area contributed by atoms with Crippen molar-refractivity contribution in [1.82, 2.24) is 9.78 Å². The number of aryl methyl sites for hydroxylation is 1. The van der Waals surface area contributed by atoms with Crippen molar-refractivity contribution in [2.75, 3.05) is 10.6 Å². The summed E-state index contributed by atoms with van der Waals surface area (Å²) >= 11 is 3.36. The van der Waals surface area contributed by atoms with Gasteiger partial charge in [0.15, 0.2) is 0 Å². The minimum Gasteiger partial charge on any atom is -0.380 e. The molecule has 0 saturated heterocycles. The van der Waals surface area contributed by atoms with Gasteiger partial charge in [-0.05, 0) is 31.2 Å². The molecule has 1 aromatic carbocycles. The number of aromatic nitrogens is 2. The molecule has 2 N–H and O–H groups in total. The summed E-state index contributed by atoms with van der Waals surface area (Å²) in [6, 6.07) is 7.55. The minimum atomic E-state index is -0.0174. The molecule has 1 atom stereocenters. The summed E-state index contributed by atoms with van der Waals surface area (Å²) < 4.78 is 2.71. The van der Waals surface area contributed by atoms with E-state index < -0.39 is 0 Å². The summed E-state index contributed by atoms with van der Waals surface area (Å²) in [6.45, 7) is 1.97. The average Bonchev–Trinajstić information content (AvgIpc) is 2.77. The molecule has 106 valence electrons. The fraction of sp³-hybridized carbons (Fsp3) is 0.286. The Morgan fingerprint density at radius 3 is 2.65 bits per heavy atom. The Labute approximate surface area is 126 Å². The van der Waals surface area contributed by atoms with E-state index in [2.05, 4.69) is 31.7 Å². The van der Waals surface area contributed by atoms with Crippen LogP contribution in [0.4, 0.5) is 11.4 Å². The standard InChI is InChI=1S/C14H17BrN4O/c1-10(17-13-8-16-19(2)9-13)7-14(20)18-12-5-3-11(15)4-6-12/h3-6,8-10,17H,7H2,1-2H3,(H,18,20). The average molecular weight is 337 g/mol. The molecule has 0 aliphatic rings. The van der Waals surface area contributed by atoms with Crippen LogP contribution in [0, 0.1) is 0 Å². The molecule has 1 amide bonds. The Balaban J connectivity index is 1.83. The van der Waals surface area contributed by atoms with Crippen molar-refractivity contribution in [2.24, 2.45) is 7.05 Å². The second-order valence-electron chi connectivity index (χ2n) is 4.71. The molecule has 1 heterocycles. The molecule has 0 aliphatic carbocycles. The second kappa shape index (κ2) is 6.56. The van der Waals surface area contributed by atoms with Crippen molar-refractivity contribution >= 4 is 33.2 Å². The van der Waals surface area contributed by atoms with Gasteiger partial charge < -0.3 is 10.6 Å². The zero-order chi connectivity index (χ0) is 14.5. The number of nitrogens with zero attached hydrogens (tertiary/aromatic N) is 2. The van der Waals surface area contributed by atoms with Gasteiger partial charge in [-0.25, -0.2) is 0 Å². The van der Waals surface area contributed by atoms with E-state index in [9.17, 15) is 4.79 Å². The van der Waals surface area contributed by atoms with E-state index in [0.29, 0.717) is 6.42 Å². The van der Waals surface area contributed by atoms with Gasteiger partial charge in [0.25, 0.3) is 0 Å². The highest BCUT2D eigenvalue weighted by molar-refractivity contribution is 9.10. The topological polar surface area (TPSA) is 59.0 Å². The van der Waals surface area contributed by atoms with Crippen LogP contribution in [-0.2, 0) is 11.8 Å². The SMILES string of the molecule is CC(CC(=O)Nc1ccc(Br)cc1)Nc1cnn(C)c1. The van der Waals surface area contributed by atoms with Crippen LogP contribution in [0.1, 0.15) is 13.3 Å². The molecule has 20 heavy (non-hydrogen) atoms. The van der Waals surface area contributed by atoms with Gasteiger partial charge >= 0.3 is 0 Å². The van der Waals surface area contributed by atoms with Crippen molar-refractivity contribution in [3.8, 4) is 0 Å². The summed E-state index contributed by atoms with van der Waals surface area (Å²) in [5.74, 6) is -0.0174. The Kier molecular flexibility index (Phi) is 4.79. The zero-order valence-electron chi connectivity index (χ0n) is 11.4. The Bertz CT molecular complexity index is 579. The molecule has 0 bridgehead atoms. The third kappa shape index (κ3) is 4.38. The number of halogens is 1. The van der Waals surface area contributed by atoms with Crippen molar-refractivity contribution < 1.29 is 4.79 Å². The van der Waals surface area contributed by atoms with Crippen LogP contribution in [0.2, 0.25) is 0 Å². The van der Waals surface area contributed by atoms with Crippen LogP contribution in [0.5, 0.6) is 0 Å². The maximum Gasteiger partial charge on any atom is 0.226 e. The van der Waals surface area contributed by atoms with E-state index in [1.54, 1.807) is 10.9 Å². The largest absolute Gasteiger partial charge is 0.380 e. The number of carbonyl (C=O) groups is 1. The van der Waals surface area contributed by atoms with Crippen molar-refractivity contribution in [1.29, 1.82) is 0 Å².